The van der Waals surface area contributed by atoms with Crippen LogP contribution in [0, 0.1) is 0 Å². The third-order valence-electron chi connectivity index (χ3n) is 3.15. The average Bonchev–Trinajstić information content (AvgIpc) is 2.35. The predicted octanol–water partition coefficient (Wildman–Crippen LogP) is 2.97. The molecule has 0 aromatic heterocycles. The van der Waals surface area contributed by atoms with Crippen molar-refractivity contribution < 1.29 is 27.8 Å². The van der Waals surface area contributed by atoms with Crippen LogP contribution < -0.4 is 5.32 Å². The molecule has 0 radical (unpaired) electrons. The summed E-state index contributed by atoms with van der Waals surface area (Å²) in [4.78, 5) is 11.4. The maximum atomic E-state index is 11.9. The smallest absolute Gasteiger partial charge is 0.391 e. The van der Waals surface area contributed by atoms with Crippen molar-refractivity contribution in [2.45, 2.75) is 57.7 Å². The molecular weight excluding hydrogens is 275 g/mol. The van der Waals surface area contributed by atoms with Gasteiger partial charge in [0.05, 0.1) is 13.0 Å². The van der Waals surface area contributed by atoms with Crippen LogP contribution >= 0.6 is 0 Å². The summed E-state index contributed by atoms with van der Waals surface area (Å²) in [7, 11) is 0. The van der Waals surface area contributed by atoms with E-state index in [0.29, 0.717) is 25.8 Å². The second kappa shape index (κ2) is 9.18. The maximum absolute atomic E-state index is 11.9. The van der Waals surface area contributed by atoms with Crippen LogP contribution in [0.2, 0.25) is 0 Å². The van der Waals surface area contributed by atoms with Gasteiger partial charge >= 0.3 is 12.1 Å². The Bertz CT molecular complexity index is 285. The summed E-state index contributed by atoms with van der Waals surface area (Å²) in [6, 6.07) is 0. The van der Waals surface area contributed by atoms with Crippen molar-refractivity contribution in [3.05, 3.63) is 0 Å². The van der Waals surface area contributed by atoms with E-state index in [1.807, 2.05) is 6.92 Å². The van der Waals surface area contributed by atoms with Crippen LogP contribution in [0.15, 0.2) is 0 Å². The van der Waals surface area contributed by atoms with Gasteiger partial charge in [-0.25, -0.2) is 0 Å². The van der Waals surface area contributed by atoms with Crippen LogP contribution in [0.3, 0.4) is 0 Å². The van der Waals surface area contributed by atoms with E-state index in [-0.39, 0.29) is 13.2 Å². The minimum atomic E-state index is -4.21. The van der Waals surface area contributed by atoms with Gasteiger partial charge in [0.25, 0.3) is 0 Å². The molecule has 0 bridgehead atoms. The number of alkyl halides is 3. The first-order valence-corrected chi connectivity index (χ1v) is 6.90. The Kier molecular flexibility index (Phi) is 8.80. The third kappa shape index (κ3) is 7.69. The second-order valence-electron chi connectivity index (χ2n) is 4.75. The van der Waals surface area contributed by atoms with Crippen LogP contribution in [0.4, 0.5) is 13.2 Å². The van der Waals surface area contributed by atoms with Gasteiger partial charge in [-0.3, -0.25) is 4.79 Å². The first-order chi connectivity index (χ1) is 9.27. The van der Waals surface area contributed by atoms with E-state index < -0.39 is 24.1 Å². The molecule has 20 heavy (non-hydrogen) atoms. The van der Waals surface area contributed by atoms with Crippen molar-refractivity contribution in [1.29, 1.82) is 0 Å². The monoisotopic (exact) mass is 299 g/mol. The van der Waals surface area contributed by atoms with Gasteiger partial charge in [-0.2, -0.15) is 13.2 Å². The van der Waals surface area contributed by atoms with Crippen molar-refractivity contribution in [2.75, 3.05) is 19.8 Å². The molecule has 0 aromatic rings. The Morgan fingerprint density at radius 2 is 1.85 bits per heavy atom. The number of aliphatic carboxylic acids is 1. The Morgan fingerprint density at radius 3 is 2.30 bits per heavy atom. The topological polar surface area (TPSA) is 58.6 Å². The third-order valence-corrected chi connectivity index (χ3v) is 3.15. The first kappa shape index (κ1) is 19.2. The lowest BCUT2D eigenvalue weighted by Crippen LogP contribution is -2.52. The Labute approximate surface area is 117 Å². The van der Waals surface area contributed by atoms with E-state index in [1.165, 1.54) is 0 Å². The van der Waals surface area contributed by atoms with Gasteiger partial charge in [0.15, 0.2) is 0 Å². The highest BCUT2D eigenvalue weighted by Gasteiger charge is 2.35. The molecule has 0 amide bonds. The average molecular weight is 299 g/mol. The van der Waals surface area contributed by atoms with E-state index in [1.54, 1.807) is 6.92 Å². The number of nitrogens with one attached hydrogen (secondary N) is 1. The van der Waals surface area contributed by atoms with Crippen molar-refractivity contribution >= 4 is 5.97 Å². The summed E-state index contributed by atoms with van der Waals surface area (Å²) < 4.78 is 40.6. The fraction of sp³-hybridized carbons (Fsp3) is 0.923. The molecule has 1 unspecified atom stereocenters. The zero-order chi connectivity index (χ0) is 15.6. The molecule has 0 heterocycles. The number of hydrogen-bond acceptors (Lipinski definition) is 3. The van der Waals surface area contributed by atoms with Crippen molar-refractivity contribution in [2.24, 2.45) is 0 Å². The fourth-order valence-electron chi connectivity index (χ4n) is 1.85. The minimum absolute atomic E-state index is 0.138. The number of halogens is 3. The maximum Gasteiger partial charge on any atom is 0.391 e. The summed E-state index contributed by atoms with van der Waals surface area (Å²) in [6.07, 6.45) is -3.20. The Hall–Kier alpha value is -0.820. The molecule has 2 N–H and O–H groups in total. The zero-order valence-electron chi connectivity index (χ0n) is 12.1. The lowest BCUT2D eigenvalue weighted by molar-refractivity contribution is -0.146. The molecule has 0 spiro atoms. The van der Waals surface area contributed by atoms with E-state index in [9.17, 15) is 23.1 Å². The van der Waals surface area contributed by atoms with Crippen LogP contribution in [0.25, 0.3) is 0 Å². The molecule has 0 aliphatic carbocycles. The molecule has 0 saturated heterocycles. The highest BCUT2D eigenvalue weighted by atomic mass is 19.4. The Morgan fingerprint density at radius 1 is 1.20 bits per heavy atom. The first-order valence-electron chi connectivity index (χ1n) is 6.90. The van der Waals surface area contributed by atoms with Gasteiger partial charge in [-0.15, -0.1) is 0 Å². The lowest BCUT2D eigenvalue weighted by Gasteiger charge is -2.29. The quantitative estimate of drug-likeness (QED) is 0.576. The second-order valence-corrected chi connectivity index (χ2v) is 4.75. The lowest BCUT2D eigenvalue weighted by atomic mass is 9.90. The number of rotatable bonds is 11. The number of carboxylic acid groups (broad SMARTS) is 1. The molecule has 7 heteroatoms. The SMILES string of the molecule is CCCNC(CC)(CCCOCCC(F)(F)F)C(=O)O. The molecule has 0 fully saturated rings. The van der Waals surface area contributed by atoms with Gasteiger partial charge in [0.1, 0.15) is 5.54 Å². The van der Waals surface area contributed by atoms with Gasteiger partial charge in [-0.05, 0) is 32.2 Å². The number of ether oxygens (including phenoxy) is 1. The molecule has 0 aromatic carbocycles. The highest BCUT2D eigenvalue weighted by Crippen LogP contribution is 2.20. The predicted molar refractivity (Wildman–Crippen MR) is 69.7 cm³/mol. The van der Waals surface area contributed by atoms with Crippen LogP contribution in [0.5, 0.6) is 0 Å². The van der Waals surface area contributed by atoms with E-state index in [0.717, 1.165) is 6.42 Å². The summed E-state index contributed by atoms with van der Waals surface area (Å²) in [6.45, 7) is 4.07. The zero-order valence-corrected chi connectivity index (χ0v) is 12.1. The summed E-state index contributed by atoms with van der Waals surface area (Å²) in [5, 5.41) is 12.3. The molecule has 0 rings (SSSR count). The standard InChI is InChI=1S/C13H24F3NO3/c1-3-8-17-12(4-2,11(18)19)6-5-9-20-10-7-13(14,15)16/h17H,3-10H2,1-2H3,(H,18,19). The fourth-order valence-corrected chi connectivity index (χ4v) is 1.85. The van der Waals surface area contributed by atoms with Gasteiger partial charge in [0.2, 0.25) is 0 Å². The molecular formula is C13H24F3NO3. The highest BCUT2D eigenvalue weighted by molar-refractivity contribution is 5.78. The largest absolute Gasteiger partial charge is 0.480 e. The van der Waals surface area contributed by atoms with Crippen molar-refractivity contribution in [3.8, 4) is 0 Å². The summed E-state index contributed by atoms with van der Waals surface area (Å²) in [5.41, 5.74) is -1.01. The summed E-state index contributed by atoms with van der Waals surface area (Å²) >= 11 is 0. The molecule has 0 aliphatic rings. The molecule has 4 nitrogen and oxygen atoms in total. The number of carboxylic acids is 1. The normalized spacial score (nSPS) is 15.1. The van der Waals surface area contributed by atoms with Crippen LogP contribution in [0.1, 0.15) is 46.0 Å². The molecule has 120 valence electrons. The number of hydrogen-bond donors (Lipinski definition) is 2. The van der Waals surface area contributed by atoms with Crippen molar-refractivity contribution in [1.82, 2.24) is 5.32 Å². The minimum Gasteiger partial charge on any atom is -0.480 e. The summed E-state index contributed by atoms with van der Waals surface area (Å²) in [5.74, 6) is -0.927. The molecule has 1 atom stereocenters. The molecule has 0 aliphatic heterocycles. The van der Waals surface area contributed by atoms with Gasteiger partial charge in [-0.1, -0.05) is 13.8 Å². The van der Waals surface area contributed by atoms with Gasteiger partial charge in [0, 0.05) is 6.61 Å². The van der Waals surface area contributed by atoms with Gasteiger partial charge < -0.3 is 15.2 Å². The number of carbonyl (C=O) groups is 1. The van der Waals surface area contributed by atoms with E-state index in [4.69, 9.17) is 4.74 Å². The Balaban J connectivity index is 4.05. The van der Waals surface area contributed by atoms with E-state index >= 15 is 0 Å². The van der Waals surface area contributed by atoms with Crippen LogP contribution in [-0.4, -0.2) is 42.5 Å². The van der Waals surface area contributed by atoms with Crippen molar-refractivity contribution in [3.63, 3.8) is 0 Å². The van der Waals surface area contributed by atoms with Crippen LogP contribution in [-0.2, 0) is 9.53 Å². The molecule has 0 saturated carbocycles. The van der Waals surface area contributed by atoms with E-state index in [2.05, 4.69) is 5.32 Å².